The summed E-state index contributed by atoms with van der Waals surface area (Å²) in [4.78, 5) is 12.4. The zero-order valence-corrected chi connectivity index (χ0v) is 19.9. The number of allylic oxidation sites excluding steroid dienone is 1. The molecule has 3 aromatic rings. The van der Waals surface area contributed by atoms with E-state index in [1.807, 2.05) is 60.0 Å². The van der Waals surface area contributed by atoms with E-state index in [4.69, 9.17) is 4.74 Å². The van der Waals surface area contributed by atoms with E-state index in [0.717, 1.165) is 22.3 Å². The van der Waals surface area contributed by atoms with Gasteiger partial charge in [0.05, 0.1) is 5.75 Å². The van der Waals surface area contributed by atoms with Crippen molar-refractivity contribution in [3.63, 3.8) is 0 Å². The number of carbonyl (C=O) groups is 1. The number of ether oxygens (including phenoxy) is 1. The third-order valence-electron chi connectivity index (χ3n) is 4.53. The Balaban J connectivity index is 1.64. The summed E-state index contributed by atoms with van der Waals surface area (Å²) >= 11 is 4.76. The molecular formula is C23H25BrN4O2S. The van der Waals surface area contributed by atoms with Gasteiger partial charge in [-0.25, -0.2) is 0 Å². The zero-order valence-electron chi connectivity index (χ0n) is 17.5. The maximum absolute atomic E-state index is 12.4. The fraction of sp³-hybridized carbons (Fsp3) is 0.261. The molecule has 1 atom stereocenters. The number of carbonyl (C=O) groups excluding carboxylic acids is 1. The molecule has 0 radical (unpaired) electrons. The Bertz CT molecular complexity index is 1020. The van der Waals surface area contributed by atoms with Crippen molar-refractivity contribution in [2.24, 2.45) is 0 Å². The van der Waals surface area contributed by atoms with Gasteiger partial charge in [0.25, 0.3) is 0 Å². The van der Waals surface area contributed by atoms with Crippen molar-refractivity contribution in [3.05, 3.63) is 77.0 Å². The van der Waals surface area contributed by atoms with Crippen LogP contribution in [0.5, 0.6) is 5.75 Å². The molecule has 162 valence electrons. The normalized spacial score (nSPS) is 11.7. The second-order valence-corrected chi connectivity index (χ2v) is 8.70. The van der Waals surface area contributed by atoms with Crippen LogP contribution in [-0.4, -0.2) is 26.4 Å². The molecule has 0 saturated heterocycles. The zero-order chi connectivity index (χ0) is 22.2. The van der Waals surface area contributed by atoms with Crippen molar-refractivity contribution < 1.29 is 9.53 Å². The van der Waals surface area contributed by atoms with Crippen molar-refractivity contribution >= 4 is 39.3 Å². The first-order valence-electron chi connectivity index (χ1n) is 9.98. The van der Waals surface area contributed by atoms with Crippen LogP contribution < -0.4 is 10.1 Å². The summed E-state index contributed by atoms with van der Waals surface area (Å²) in [5, 5.41) is 12.1. The molecule has 0 bridgehead atoms. The Kier molecular flexibility index (Phi) is 8.31. The lowest BCUT2D eigenvalue weighted by atomic mass is 10.1. The number of thioether (sulfide) groups is 1. The van der Waals surface area contributed by atoms with E-state index in [1.165, 1.54) is 17.3 Å². The molecule has 31 heavy (non-hydrogen) atoms. The summed E-state index contributed by atoms with van der Waals surface area (Å²) in [6, 6.07) is 15.5. The van der Waals surface area contributed by atoms with Crippen LogP contribution in [-0.2, 0) is 17.8 Å². The van der Waals surface area contributed by atoms with Gasteiger partial charge in [-0.3, -0.25) is 9.36 Å². The Labute approximate surface area is 195 Å². The molecule has 1 amide bonds. The van der Waals surface area contributed by atoms with E-state index < -0.39 is 0 Å². The number of nitrogens with zero attached hydrogens (tertiary/aromatic N) is 3. The monoisotopic (exact) mass is 500 g/mol. The molecule has 0 fully saturated rings. The predicted octanol–water partition coefficient (Wildman–Crippen LogP) is 5.66. The Morgan fingerprint density at radius 3 is 2.58 bits per heavy atom. The van der Waals surface area contributed by atoms with Crippen molar-refractivity contribution in [1.29, 1.82) is 0 Å². The Hall–Kier alpha value is -2.58. The number of benzene rings is 2. The SMILES string of the molecule is C=CCn1c(SCC(=O)Nc2ccc(CC)cc2)nnc1C(C)Oc1ccc(Br)cc1. The number of hydrogen-bond acceptors (Lipinski definition) is 5. The molecule has 3 rings (SSSR count). The van der Waals surface area contributed by atoms with Crippen molar-refractivity contribution in [3.8, 4) is 5.75 Å². The summed E-state index contributed by atoms with van der Waals surface area (Å²) in [5.74, 6) is 1.56. The van der Waals surface area contributed by atoms with Crippen LogP contribution in [0.3, 0.4) is 0 Å². The largest absolute Gasteiger partial charge is 0.483 e. The minimum Gasteiger partial charge on any atom is -0.483 e. The first kappa shape index (κ1) is 23.1. The minimum atomic E-state index is -0.311. The van der Waals surface area contributed by atoms with Gasteiger partial charge in [0.1, 0.15) is 5.75 Å². The van der Waals surface area contributed by atoms with Crippen LogP contribution in [0.25, 0.3) is 0 Å². The second kappa shape index (κ2) is 11.2. The average Bonchev–Trinajstić information content (AvgIpc) is 3.17. The molecule has 0 aliphatic rings. The quantitative estimate of drug-likeness (QED) is 0.287. The van der Waals surface area contributed by atoms with Crippen LogP contribution in [0, 0.1) is 0 Å². The summed E-state index contributed by atoms with van der Waals surface area (Å²) in [6.07, 6.45) is 2.43. The van der Waals surface area contributed by atoms with E-state index in [1.54, 1.807) is 6.08 Å². The highest BCUT2D eigenvalue weighted by molar-refractivity contribution is 9.10. The lowest BCUT2D eigenvalue weighted by Crippen LogP contribution is -2.15. The van der Waals surface area contributed by atoms with Gasteiger partial charge in [-0.2, -0.15) is 0 Å². The first-order valence-corrected chi connectivity index (χ1v) is 11.8. The lowest BCUT2D eigenvalue weighted by Gasteiger charge is -2.15. The Morgan fingerprint density at radius 2 is 1.94 bits per heavy atom. The van der Waals surface area contributed by atoms with Gasteiger partial charge in [0, 0.05) is 16.7 Å². The van der Waals surface area contributed by atoms with Gasteiger partial charge in [0.2, 0.25) is 5.91 Å². The van der Waals surface area contributed by atoms with Crippen LogP contribution in [0.2, 0.25) is 0 Å². The lowest BCUT2D eigenvalue weighted by molar-refractivity contribution is -0.113. The van der Waals surface area contributed by atoms with Crippen LogP contribution in [0.4, 0.5) is 5.69 Å². The van der Waals surface area contributed by atoms with E-state index in [-0.39, 0.29) is 17.8 Å². The van der Waals surface area contributed by atoms with Crippen LogP contribution in [0.1, 0.15) is 31.3 Å². The average molecular weight is 501 g/mol. The number of anilines is 1. The highest BCUT2D eigenvalue weighted by Gasteiger charge is 2.20. The van der Waals surface area contributed by atoms with Crippen LogP contribution in [0.15, 0.2) is 70.8 Å². The summed E-state index contributed by atoms with van der Waals surface area (Å²) in [7, 11) is 0. The molecule has 6 nitrogen and oxygen atoms in total. The maximum Gasteiger partial charge on any atom is 0.234 e. The topological polar surface area (TPSA) is 69.0 Å². The number of aryl methyl sites for hydroxylation is 1. The van der Waals surface area contributed by atoms with E-state index in [9.17, 15) is 4.79 Å². The molecule has 0 aliphatic carbocycles. The third-order valence-corrected chi connectivity index (χ3v) is 6.02. The standard InChI is InChI=1S/C23H25BrN4O2S/c1-4-14-28-22(16(3)30-20-12-8-18(24)9-13-20)26-27-23(28)31-15-21(29)25-19-10-6-17(5-2)7-11-19/h4,6-13,16H,1,5,14-15H2,2-3H3,(H,25,29). The van der Waals surface area contributed by atoms with Crippen molar-refractivity contribution in [2.45, 2.75) is 38.1 Å². The van der Waals surface area contributed by atoms with Gasteiger partial charge in [-0.05, 0) is 55.3 Å². The Morgan fingerprint density at radius 1 is 1.23 bits per heavy atom. The predicted molar refractivity (Wildman–Crippen MR) is 129 cm³/mol. The molecule has 1 heterocycles. The number of halogens is 1. The molecule has 1 aromatic heterocycles. The minimum absolute atomic E-state index is 0.0943. The highest BCUT2D eigenvalue weighted by Crippen LogP contribution is 2.26. The number of hydrogen-bond donors (Lipinski definition) is 1. The highest BCUT2D eigenvalue weighted by atomic mass is 79.9. The maximum atomic E-state index is 12.4. The number of aromatic nitrogens is 3. The number of amides is 1. The summed E-state index contributed by atoms with van der Waals surface area (Å²) < 4.78 is 8.92. The molecule has 1 unspecified atom stereocenters. The van der Waals surface area contributed by atoms with E-state index in [0.29, 0.717) is 17.5 Å². The molecule has 2 aromatic carbocycles. The second-order valence-electron chi connectivity index (χ2n) is 6.84. The fourth-order valence-electron chi connectivity index (χ4n) is 2.93. The molecular weight excluding hydrogens is 476 g/mol. The molecule has 8 heteroatoms. The number of nitrogens with one attached hydrogen (secondary N) is 1. The molecule has 0 spiro atoms. The number of rotatable bonds is 10. The van der Waals surface area contributed by atoms with Gasteiger partial charge in [-0.15, -0.1) is 16.8 Å². The van der Waals surface area contributed by atoms with Crippen molar-refractivity contribution in [1.82, 2.24) is 14.8 Å². The molecule has 1 N–H and O–H groups in total. The fourth-order valence-corrected chi connectivity index (χ4v) is 3.95. The molecule has 0 aliphatic heterocycles. The molecule has 0 saturated carbocycles. The van der Waals surface area contributed by atoms with E-state index >= 15 is 0 Å². The van der Waals surface area contributed by atoms with Crippen molar-refractivity contribution in [2.75, 3.05) is 11.1 Å². The van der Waals surface area contributed by atoms with E-state index in [2.05, 4.69) is 44.9 Å². The van der Waals surface area contributed by atoms with Crippen LogP contribution >= 0.6 is 27.7 Å². The third kappa shape index (κ3) is 6.45. The summed E-state index contributed by atoms with van der Waals surface area (Å²) in [5.41, 5.74) is 2.02. The van der Waals surface area contributed by atoms with Gasteiger partial charge in [0.15, 0.2) is 17.1 Å². The van der Waals surface area contributed by atoms with Gasteiger partial charge >= 0.3 is 0 Å². The van der Waals surface area contributed by atoms with Gasteiger partial charge < -0.3 is 10.1 Å². The smallest absolute Gasteiger partial charge is 0.234 e. The first-order chi connectivity index (χ1) is 15.0. The van der Waals surface area contributed by atoms with Gasteiger partial charge in [-0.1, -0.05) is 52.8 Å². The summed E-state index contributed by atoms with van der Waals surface area (Å²) in [6.45, 7) is 8.37.